The standard InChI is InChI=1S/C20H21N3O5S/c24-18(13-4-3-5-14(12-13)23(26)27)21-19-17(15-6-1-2-7-16(15)29-19)20(25)22-8-10-28-11-9-22/h3-5,12H,1-2,6-11H2,(H,21,24). The topological polar surface area (TPSA) is 102 Å². The number of aryl methyl sites for hydroxylation is 1. The minimum atomic E-state index is -0.534. The van der Waals surface area contributed by atoms with Crippen molar-refractivity contribution in [2.75, 3.05) is 31.6 Å². The number of fused-ring (bicyclic) bond motifs is 1. The Morgan fingerprint density at radius 3 is 2.69 bits per heavy atom. The molecule has 2 amide bonds. The quantitative estimate of drug-likeness (QED) is 0.610. The number of nitro groups is 1. The molecular weight excluding hydrogens is 394 g/mol. The summed E-state index contributed by atoms with van der Waals surface area (Å²) in [7, 11) is 0. The van der Waals surface area contributed by atoms with E-state index in [1.54, 1.807) is 4.90 Å². The zero-order valence-electron chi connectivity index (χ0n) is 15.8. The second kappa shape index (κ2) is 8.30. The van der Waals surface area contributed by atoms with Crippen LogP contribution in [0.5, 0.6) is 0 Å². The molecule has 1 aromatic heterocycles. The first-order valence-corrected chi connectivity index (χ1v) is 10.4. The number of anilines is 1. The molecule has 152 valence electrons. The Balaban J connectivity index is 1.65. The summed E-state index contributed by atoms with van der Waals surface area (Å²) >= 11 is 1.44. The lowest BCUT2D eigenvalue weighted by Crippen LogP contribution is -2.41. The second-order valence-corrected chi connectivity index (χ2v) is 8.19. The monoisotopic (exact) mass is 415 g/mol. The smallest absolute Gasteiger partial charge is 0.270 e. The minimum absolute atomic E-state index is 0.0814. The van der Waals surface area contributed by atoms with Crippen LogP contribution in [-0.2, 0) is 17.6 Å². The number of nitrogens with zero attached hydrogens (tertiary/aromatic N) is 2. The number of nitro benzene ring substituents is 1. The Bertz CT molecular complexity index is 965. The number of thiophene rings is 1. The normalized spacial score (nSPS) is 16.2. The number of non-ortho nitro benzene ring substituents is 1. The number of rotatable bonds is 4. The van der Waals surface area contributed by atoms with Crippen molar-refractivity contribution in [2.45, 2.75) is 25.7 Å². The van der Waals surface area contributed by atoms with Crippen molar-refractivity contribution in [3.63, 3.8) is 0 Å². The molecule has 0 atom stereocenters. The Labute approximate surface area is 171 Å². The number of carbonyl (C=O) groups excluding carboxylic acids is 2. The van der Waals surface area contributed by atoms with Crippen LogP contribution < -0.4 is 5.32 Å². The Morgan fingerprint density at radius 2 is 1.93 bits per heavy atom. The molecular formula is C20H21N3O5S. The lowest BCUT2D eigenvalue weighted by Gasteiger charge is -2.27. The van der Waals surface area contributed by atoms with Gasteiger partial charge in [0.1, 0.15) is 5.00 Å². The Morgan fingerprint density at radius 1 is 1.17 bits per heavy atom. The number of ether oxygens (including phenoxy) is 1. The first-order chi connectivity index (χ1) is 14.0. The van der Waals surface area contributed by atoms with E-state index in [1.165, 1.54) is 35.6 Å². The van der Waals surface area contributed by atoms with E-state index in [0.29, 0.717) is 36.9 Å². The van der Waals surface area contributed by atoms with Crippen molar-refractivity contribution in [1.82, 2.24) is 4.90 Å². The summed E-state index contributed by atoms with van der Waals surface area (Å²) in [6.45, 7) is 2.07. The van der Waals surface area contributed by atoms with Crippen LogP contribution in [0.1, 0.15) is 44.0 Å². The molecule has 0 radical (unpaired) electrons. The maximum Gasteiger partial charge on any atom is 0.270 e. The summed E-state index contributed by atoms with van der Waals surface area (Å²) in [6, 6.07) is 5.59. The minimum Gasteiger partial charge on any atom is -0.378 e. The van der Waals surface area contributed by atoms with Gasteiger partial charge in [0.2, 0.25) is 0 Å². The molecule has 1 aliphatic heterocycles. The van der Waals surface area contributed by atoms with E-state index in [2.05, 4.69) is 5.32 Å². The fourth-order valence-corrected chi connectivity index (χ4v) is 5.02. The predicted octanol–water partition coefficient (Wildman–Crippen LogP) is 3.26. The van der Waals surface area contributed by atoms with Crippen LogP contribution in [0.25, 0.3) is 0 Å². The second-order valence-electron chi connectivity index (χ2n) is 7.08. The lowest BCUT2D eigenvalue weighted by atomic mass is 9.95. The molecule has 1 saturated heterocycles. The maximum atomic E-state index is 13.3. The number of hydrogen-bond donors (Lipinski definition) is 1. The van der Waals surface area contributed by atoms with Crippen molar-refractivity contribution in [2.24, 2.45) is 0 Å². The molecule has 8 nitrogen and oxygen atoms in total. The van der Waals surface area contributed by atoms with Crippen LogP contribution in [0.15, 0.2) is 24.3 Å². The summed E-state index contributed by atoms with van der Waals surface area (Å²) in [5, 5.41) is 14.4. The molecule has 0 unspecified atom stereocenters. The molecule has 1 fully saturated rings. The van der Waals surface area contributed by atoms with Gasteiger partial charge in [-0.05, 0) is 37.3 Å². The first-order valence-electron chi connectivity index (χ1n) is 9.62. The number of nitrogens with one attached hydrogen (secondary N) is 1. The van der Waals surface area contributed by atoms with E-state index in [4.69, 9.17) is 4.74 Å². The average Bonchev–Trinajstić information content (AvgIpc) is 3.11. The van der Waals surface area contributed by atoms with Gasteiger partial charge < -0.3 is 15.0 Å². The van der Waals surface area contributed by atoms with Crippen molar-refractivity contribution in [3.8, 4) is 0 Å². The molecule has 2 aromatic rings. The molecule has 2 heterocycles. The summed E-state index contributed by atoms with van der Waals surface area (Å²) < 4.78 is 5.35. The van der Waals surface area contributed by atoms with E-state index in [1.807, 2.05) is 0 Å². The van der Waals surface area contributed by atoms with E-state index in [9.17, 15) is 19.7 Å². The highest BCUT2D eigenvalue weighted by Crippen LogP contribution is 2.39. The molecule has 0 saturated carbocycles. The summed E-state index contributed by atoms with van der Waals surface area (Å²) in [5.74, 6) is -0.537. The molecule has 29 heavy (non-hydrogen) atoms. The zero-order chi connectivity index (χ0) is 20.4. The molecule has 9 heteroatoms. The number of hydrogen-bond acceptors (Lipinski definition) is 6. The molecule has 4 rings (SSSR count). The molecule has 1 aliphatic carbocycles. The average molecular weight is 415 g/mol. The highest BCUT2D eigenvalue weighted by molar-refractivity contribution is 7.17. The van der Waals surface area contributed by atoms with Gasteiger partial charge in [-0.2, -0.15) is 0 Å². The van der Waals surface area contributed by atoms with Gasteiger partial charge in [0.15, 0.2) is 0 Å². The number of carbonyl (C=O) groups is 2. The highest BCUT2D eigenvalue weighted by atomic mass is 32.1. The third-order valence-electron chi connectivity index (χ3n) is 5.23. The van der Waals surface area contributed by atoms with Gasteiger partial charge in [-0.25, -0.2) is 0 Å². The van der Waals surface area contributed by atoms with Crippen LogP contribution in [0.2, 0.25) is 0 Å². The fourth-order valence-electron chi connectivity index (χ4n) is 3.74. The fraction of sp³-hybridized carbons (Fsp3) is 0.400. The SMILES string of the molecule is O=C(Nc1sc2c(c1C(=O)N1CCOCC1)CCCC2)c1cccc([N+](=O)[O-])c1. The Hall–Kier alpha value is -2.78. The number of amides is 2. The van der Waals surface area contributed by atoms with Crippen molar-refractivity contribution >= 4 is 33.8 Å². The van der Waals surface area contributed by atoms with Gasteiger partial charge in [0, 0.05) is 35.7 Å². The van der Waals surface area contributed by atoms with Gasteiger partial charge in [-0.3, -0.25) is 19.7 Å². The Kier molecular flexibility index (Phi) is 5.59. The van der Waals surface area contributed by atoms with Gasteiger partial charge in [-0.1, -0.05) is 6.07 Å². The zero-order valence-corrected chi connectivity index (χ0v) is 16.6. The largest absolute Gasteiger partial charge is 0.378 e. The molecule has 0 spiro atoms. The first kappa shape index (κ1) is 19.5. The van der Waals surface area contributed by atoms with Crippen molar-refractivity contribution in [3.05, 3.63) is 55.9 Å². The van der Waals surface area contributed by atoms with E-state index in [-0.39, 0.29) is 17.2 Å². The van der Waals surface area contributed by atoms with Crippen molar-refractivity contribution < 1.29 is 19.2 Å². The van der Waals surface area contributed by atoms with Crippen LogP contribution in [0, 0.1) is 10.1 Å². The summed E-state index contributed by atoms with van der Waals surface area (Å²) in [6.07, 6.45) is 3.81. The van der Waals surface area contributed by atoms with Crippen LogP contribution >= 0.6 is 11.3 Å². The number of morpholine rings is 1. The van der Waals surface area contributed by atoms with Gasteiger partial charge in [-0.15, -0.1) is 11.3 Å². The summed E-state index contributed by atoms with van der Waals surface area (Å²) in [5.41, 5.74) is 1.65. The lowest BCUT2D eigenvalue weighted by molar-refractivity contribution is -0.384. The van der Waals surface area contributed by atoms with Crippen LogP contribution in [0.4, 0.5) is 10.7 Å². The third kappa shape index (κ3) is 4.01. The summed E-state index contributed by atoms with van der Waals surface area (Å²) in [4.78, 5) is 39.4. The predicted molar refractivity (Wildman–Crippen MR) is 109 cm³/mol. The van der Waals surface area contributed by atoms with Gasteiger partial charge in [0.25, 0.3) is 17.5 Å². The molecule has 1 aromatic carbocycles. The third-order valence-corrected chi connectivity index (χ3v) is 6.44. The maximum absolute atomic E-state index is 13.3. The molecule has 2 aliphatic rings. The molecule has 1 N–H and O–H groups in total. The van der Waals surface area contributed by atoms with E-state index < -0.39 is 10.8 Å². The van der Waals surface area contributed by atoms with E-state index in [0.717, 1.165) is 36.1 Å². The molecule has 0 bridgehead atoms. The van der Waals surface area contributed by atoms with E-state index >= 15 is 0 Å². The number of benzene rings is 1. The highest BCUT2D eigenvalue weighted by Gasteiger charge is 2.30. The van der Waals surface area contributed by atoms with Crippen molar-refractivity contribution in [1.29, 1.82) is 0 Å². The van der Waals surface area contributed by atoms with Gasteiger partial charge in [0.05, 0.1) is 23.7 Å². The van der Waals surface area contributed by atoms with Crippen LogP contribution in [0.3, 0.4) is 0 Å². The van der Waals surface area contributed by atoms with Gasteiger partial charge >= 0.3 is 0 Å². The van der Waals surface area contributed by atoms with Crippen LogP contribution in [-0.4, -0.2) is 47.9 Å².